The number of hydrogen-bond donors (Lipinski definition) is 1. The molecule has 0 saturated carbocycles. The van der Waals surface area contributed by atoms with E-state index in [4.69, 9.17) is 34.3 Å². The lowest BCUT2D eigenvalue weighted by atomic mass is 10.2. The van der Waals surface area contributed by atoms with Gasteiger partial charge in [0.25, 0.3) is 0 Å². The summed E-state index contributed by atoms with van der Waals surface area (Å²) in [5.74, 6) is 1.18. The molecule has 5 heteroatoms. The number of nitrogens with zero attached hydrogens (tertiary/aromatic N) is 1. The van der Waals surface area contributed by atoms with E-state index >= 15 is 0 Å². The van der Waals surface area contributed by atoms with Gasteiger partial charge in [-0.25, -0.2) is 0 Å². The van der Waals surface area contributed by atoms with Crippen LogP contribution in [0.2, 0.25) is 5.02 Å². The van der Waals surface area contributed by atoms with Gasteiger partial charge in [-0.3, -0.25) is 4.98 Å². The number of hydrogen-bond acceptors (Lipinski definition) is 3. The van der Waals surface area contributed by atoms with Crippen molar-refractivity contribution in [1.82, 2.24) is 4.98 Å². The van der Waals surface area contributed by atoms with E-state index in [2.05, 4.69) is 4.98 Å². The molecule has 0 unspecified atom stereocenters. The average Bonchev–Trinajstić information content (AvgIpc) is 2.32. The minimum Gasteiger partial charge on any atom is -0.455 e. The first-order chi connectivity index (χ1) is 8.16. The van der Waals surface area contributed by atoms with Crippen LogP contribution in [0, 0.1) is 0 Å². The van der Waals surface area contributed by atoms with Crippen LogP contribution in [0.5, 0.6) is 11.5 Å². The monoisotopic (exact) mass is 264 g/mol. The van der Waals surface area contributed by atoms with E-state index in [0.29, 0.717) is 22.1 Å². The first-order valence-corrected chi connectivity index (χ1v) is 5.62. The van der Waals surface area contributed by atoms with Gasteiger partial charge in [0.1, 0.15) is 10.7 Å². The average molecular weight is 265 g/mol. The van der Waals surface area contributed by atoms with Crippen LogP contribution in [-0.2, 0) is 0 Å². The Morgan fingerprint density at radius 2 is 1.94 bits per heavy atom. The Bertz CT molecular complexity index is 542. The second kappa shape index (κ2) is 5.12. The van der Waals surface area contributed by atoms with Crippen LogP contribution in [-0.4, -0.2) is 9.97 Å². The van der Waals surface area contributed by atoms with E-state index in [0.717, 1.165) is 0 Å². The summed E-state index contributed by atoms with van der Waals surface area (Å²) in [4.78, 5) is 4.25. The SMILES string of the molecule is NC(=S)c1ccncc1Oc1ccc(Cl)cc1. The zero-order valence-electron chi connectivity index (χ0n) is 8.76. The molecule has 1 aromatic carbocycles. The number of halogens is 1. The van der Waals surface area contributed by atoms with Crippen molar-refractivity contribution in [3.63, 3.8) is 0 Å². The molecule has 0 amide bonds. The molecule has 0 saturated heterocycles. The maximum Gasteiger partial charge on any atom is 0.155 e. The Kier molecular flexibility index (Phi) is 3.56. The summed E-state index contributed by atoms with van der Waals surface area (Å²) in [6, 6.07) is 8.73. The Morgan fingerprint density at radius 3 is 2.59 bits per heavy atom. The zero-order chi connectivity index (χ0) is 12.3. The van der Waals surface area contributed by atoms with Crippen LogP contribution in [0.3, 0.4) is 0 Å². The third-order valence-electron chi connectivity index (χ3n) is 2.09. The summed E-state index contributed by atoms with van der Waals surface area (Å²) in [7, 11) is 0. The molecule has 2 rings (SSSR count). The standard InChI is InChI=1S/C12H9ClN2OS/c13-8-1-3-9(4-2-8)16-11-7-15-6-5-10(11)12(14)17/h1-7H,(H2,14,17). The molecule has 17 heavy (non-hydrogen) atoms. The highest BCUT2D eigenvalue weighted by Crippen LogP contribution is 2.25. The summed E-state index contributed by atoms with van der Waals surface area (Å²) in [6.45, 7) is 0. The van der Waals surface area contributed by atoms with Gasteiger partial charge < -0.3 is 10.5 Å². The second-order valence-corrected chi connectivity index (χ2v) is 4.17. The summed E-state index contributed by atoms with van der Waals surface area (Å²) in [5, 5.41) is 0.651. The van der Waals surface area contributed by atoms with Crippen molar-refractivity contribution in [1.29, 1.82) is 0 Å². The lowest BCUT2D eigenvalue weighted by molar-refractivity contribution is 0.479. The van der Waals surface area contributed by atoms with Crippen LogP contribution >= 0.6 is 23.8 Å². The van der Waals surface area contributed by atoms with Gasteiger partial charge in [-0.2, -0.15) is 0 Å². The maximum atomic E-state index is 5.79. The van der Waals surface area contributed by atoms with Crippen molar-refractivity contribution in [2.24, 2.45) is 5.73 Å². The molecule has 86 valence electrons. The topological polar surface area (TPSA) is 48.1 Å². The number of rotatable bonds is 3. The summed E-state index contributed by atoms with van der Waals surface area (Å²) >= 11 is 10.7. The van der Waals surface area contributed by atoms with Gasteiger partial charge in [0.05, 0.1) is 11.8 Å². The fraction of sp³-hybridized carbons (Fsp3) is 0. The van der Waals surface area contributed by atoms with Gasteiger partial charge >= 0.3 is 0 Å². The van der Waals surface area contributed by atoms with E-state index in [9.17, 15) is 0 Å². The predicted octanol–water partition coefficient (Wildman–Crippen LogP) is 3.16. The quantitative estimate of drug-likeness (QED) is 0.865. The van der Waals surface area contributed by atoms with Crippen molar-refractivity contribution in [3.05, 3.63) is 53.3 Å². The van der Waals surface area contributed by atoms with Gasteiger partial charge in [-0.15, -0.1) is 0 Å². The van der Waals surface area contributed by atoms with E-state index < -0.39 is 0 Å². The molecule has 0 radical (unpaired) electrons. The third kappa shape index (κ3) is 2.93. The Hall–Kier alpha value is -1.65. The van der Waals surface area contributed by atoms with Crippen molar-refractivity contribution in [2.75, 3.05) is 0 Å². The molecule has 2 aromatic rings. The first kappa shape index (κ1) is 11.8. The number of nitrogens with two attached hydrogens (primary N) is 1. The van der Waals surface area contributed by atoms with Crippen LogP contribution < -0.4 is 10.5 Å². The molecule has 0 fully saturated rings. The molecule has 0 aliphatic rings. The molecule has 0 aliphatic carbocycles. The molecule has 1 aromatic heterocycles. The number of thiocarbonyl (C=S) groups is 1. The molecule has 0 spiro atoms. The summed E-state index contributed by atoms with van der Waals surface area (Å²) < 4.78 is 5.64. The molecular weight excluding hydrogens is 256 g/mol. The highest BCUT2D eigenvalue weighted by molar-refractivity contribution is 7.80. The first-order valence-electron chi connectivity index (χ1n) is 4.84. The maximum absolute atomic E-state index is 5.79. The summed E-state index contributed by atoms with van der Waals surface area (Å²) in [6.07, 6.45) is 3.19. The highest BCUT2D eigenvalue weighted by Gasteiger charge is 2.07. The molecule has 1 heterocycles. The van der Waals surface area contributed by atoms with Crippen molar-refractivity contribution >= 4 is 28.8 Å². The number of ether oxygens (including phenoxy) is 1. The van der Waals surface area contributed by atoms with Crippen LogP contribution in [0.25, 0.3) is 0 Å². The highest BCUT2D eigenvalue weighted by atomic mass is 35.5. The second-order valence-electron chi connectivity index (χ2n) is 3.29. The predicted molar refractivity (Wildman–Crippen MR) is 71.7 cm³/mol. The molecule has 2 N–H and O–H groups in total. The minimum atomic E-state index is 0.274. The van der Waals surface area contributed by atoms with Crippen LogP contribution in [0.4, 0.5) is 0 Å². The molecule has 0 bridgehead atoms. The van der Waals surface area contributed by atoms with E-state index in [-0.39, 0.29) is 4.99 Å². The third-order valence-corrected chi connectivity index (χ3v) is 2.56. The zero-order valence-corrected chi connectivity index (χ0v) is 10.3. The number of aromatic nitrogens is 1. The fourth-order valence-electron chi connectivity index (χ4n) is 1.29. The van der Waals surface area contributed by atoms with Crippen LogP contribution in [0.1, 0.15) is 5.56 Å². The van der Waals surface area contributed by atoms with Gasteiger partial charge in [-0.1, -0.05) is 23.8 Å². The van der Waals surface area contributed by atoms with Gasteiger partial charge in [0.2, 0.25) is 0 Å². The number of benzene rings is 1. The van der Waals surface area contributed by atoms with Crippen molar-refractivity contribution in [3.8, 4) is 11.5 Å². The molecular formula is C12H9ClN2OS. The fourth-order valence-corrected chi connectivity index (χ4v) is 1.59. The van der Waals surface area contributed by atoms with Crippen molar-refractivity contribution in [2.45, 2.75) is 0 Å². The molecule has 0 aliphatic heterocycles. The van der Waals surface area contributed by atoms with Crippen molar-refractivity contribution < 1.29 is 4.74 Å². The largest absolute Gasteiger partial charge is 0.455 e. The molecule has 0 atom stereocenters. The lowest BCUT2D eigenvalue weighted by Crippen LogP contribution is -2.10. The Morgan fingerprint density at radius 1 is 1.24 bits per heavy atom. The van der Waals surface area contributed by atoms with Gasteiger partial charge in [0, 0.05) is 11.2 Å². The smallest absolute Gasteiger partial charge is 0.155 e. The Balaban J connectivity index is 2.30. The van der Waals surface area contributed by atoms with E-state index in [1.807, 2.05) is 0 Å². The lowest BCUT2D eigenvalue weighted by Gasteiger charge is -2.09. The minimum absolute atomic E-state index is 0.274. The normalized spacial score (nSPS) is 9.94. The van der Waals surface area contributed by atoms with E-state index in [1.165, 1.54) is 0 Å². The Labute approximate surface area is 109 Å². The van der Waals surface area contributed by atoms with Crippen LogP contribution in [0.15, 0.2) is 42.7 Å². The summed E-state index contributed by atoms with van der Waals surface area (Å²) in [5.41, 5.74) is 6.25. The molecule has 3 nitrogen and oxygen atoms in total. The van der Waals surface area contributed by atoms with E-state index in [1.54, 1.807) is 42.7 Å². The van der Waals surface area contributed by atoms with Gasteiger partial charge in [-0.05, 0) is 30.3 Å². The van der Waals surface area contributed by atoms with Gasteiger partial charge in [0.15, 0.2) is 5.75 Å². The number of pyridine rings is 1.